The first-order chi connectivity index (χ1) is 9.37. The molecule has 0 bridgehead atoms. The number of likely N-dealkylation sites (tertiary alicyclic amines) is 1. The van der Waals surface area contributed by atoms with Gasteiger partial charge in [0.25, 0.3) is 0 Å². The summed E-state index contributed by atoms with van der Waals surface area (Å²) in [5, 5.41) is 21.8. The molecule has 2 rings (SSSR count). The minimum absolute atomic E-state index is 0.0119. The van der Waals surface area contributed by atoms with Gasteiger partial charge >= 0.3 is 12.0 Å². The van der Waals surface area contributed by atoms with Crippen molar-refractivity contribution in [2.45, 2.75) is 57.1 Å². The molecule has 6 heteroatoms. The second kappa shape index (κ2) is 5.99. The lowest BCUT2D eigenvalue weighted by Crippen LogP contribution is -2.47. The maximum atomic E-state index is 12.2. The third-order valence-electron chi connectivity index (χ3n) is 4.25. The van der Waals surface area contributed by atoms with Gasteiger partial charge in [-0.3, -0.25) is 4.79 Å². The van der Waals surface area contributed by atoms with Gasteiger partial charge in [0.05, 0.1) is 12.0 Å². The van der Waals surface area contributed by atoms with E-state index in [1.165, 1.54) is 0 Å². The molecule has 2 atom stereocenters. The van der Waals surface area contributed by atoms with Crippen LogP contribution in [0.1, 0.15) is 45.4 Å². The lowest BCUT2D eigenvalue weighted by Gasteiger charge is -2.25. The van der Waals surface area contributed by atoms with Gasteiger partial charge in [-0.2, -0.15) is 0 Å². The minimum Gasteiger partial charge on any atom is -0.481 e. The molecule has 114 valence electrons. The number of carboxylic acids is 1. The standard InChI is InChI=1S/C14H24N2O4/c1-14(20)5-2-7-16(8-6-14)13(19)15-11(9-12(17)18)10-3-4-10/h10-11,20H,2-9H2,1H3,(H,15,19)(H,17,18). The number of urea groups is 1. The Balaban J connectivity index is 1.88. The average molecular weight is 284 g/mol. The Morgan fingerprint density at radius 3 is 2.65 bits per heavy atom. The molecular weight excluding hydrogens is 260 g/mol. The van der Waals surface area contributed by atoms with Crippen molar-refractivity contribution >= 4 is 12.0 Å². The third-order valence-corrected chi connectivity index (χ3v) is 4.25. The zero-order valence-corrected chi connectivity index (χ0v) is 12.0. The van der Waals surface area contributed by atoms with Gasteiger partial charge in [0.2, 0.25) is 0 Å². The number of hydrogen-bond donors (Lipinski definition) is 3. The first-order valence-corrected chi connectivity index (χ1v) is 7.37. The fraction of sp³-hybridized carbons (Fsp3) is 0.857. The zero-order chi connectivity index (χ0) is 14.8. The summed E-state index contributed by atoms with van der Waals surface area (Å²) in [5.74, 6) is -0.564. The Labute approximate surface area is 119 Å². The summed E-state index contributed by atoms with van der Waals surface area (Å²) in [4.78, 5) is 24.8. The molecule has 2 unspecified atom stereocenters. The van der Waals surface area contributed by atoms with Gasteiger partial charge in [-0.15, -0.1) is 0 Å². The topological polar surface area (TPSA) is 89.9 Å². The first-order valence-electron chi connectivity index (χ1n) is 7.37. The number of amides is 2. The van der Waals surface area contributed by atoms with Crippen LogP contribution in [-0.4, -0.2) is 51.8 Å². The number of aliphatic carboxylic acids is 1. The smallest absolute Gasteiger partial charge is 0.317 e. The van der Waals surface area contributed by atoms with Gasteiger partial charge in [0.15, 0.2) is 0 Å². The maximum Gasteiger partial charge on any atom is 0.317 e. The Morgan fingerprint density at radius 1 is 1.35 bits per heavy atom. The number of carbonyl (C=O) groups is 2. The average Bonchev–Trinajstić information content (AvgIpc) is 3.14. The van der Waals surface area contributed by atoms with Crippen molar-refractivity contribution in [2.24, 2.45) is 5.92 Å². The Kier molecular flexibility index (Phi) is 4.52. The molecule has 1 saturated carbocycles. The molecule has 20 heavy (non-hydrogen) atoms. The normalized spacial score (nSPS) is 28.6. The molecule has 1 aliphatic heterocycles. The molecule has 1 aliphatic carbocycles. The van der Waals surface area contributed by atoms with E-state index < -0.39 is 11.6 Å². The molecule has 1 saturated heterocycles. The highest BCUT2D eigenvalue weighted by atomic mass is 16.4. The zero-order valence-electron chi connectivity index (χ0n) is 12.0. The van der Waals surface area contributed by atoms with Crippen molar-refractivity contribution in [3.05, 3.63) is 0 Å². The summed E-state index contributed by atoms with van der Waals surface area (Å²) in [7, 11) is 0. The molecule has 0 aromatic heterocycles. The van der Waals surface area contributed by atoms with Gasteiger partial charge in [-0.05, 0) is 44.9 Å². The largest absolute Gasteiger partial charge is 0.481 e. The molecule has 2 aliphatic rings. The number of aliphatic hydroxyl groups is 1. The van der Waals surface area contributed by atoms with Crippen LogP contribution in [0.3, 0.4) is 0 Å². The van der Waals surface area contributed by atoms with Gasteiger partial charge < -0.3 is 20.4 Å². The number of hydrogen-bond acceptors (Lipinski definition) is 3. The highest BCUT2D eigenvalue weighted by molar-refractivity contribution is 5.76. The monoisotopic (exact) mass is 284 g/mol. The molecule has 6 nitrogen and oxygen atoms in total. The van der Waals surface area contributed by atoms with E-state index in [1.807, 2.05) is 0 Å². The van der Waals surface area contributed by atoms with E-state index >= 15 is 0 Å². The van der Waals surface area contributed by atoms with Crippen molar-refractivity contribution < 1.29 is 19.8 Å². The predicted octanol–water partition coefficient (Wildman–Crippen LogP) is 1.19. The first kappa shape index (κ1) is 15.1. The van der Waals surface area contributed by atoms with Crippen LogP contribution < -0.4 is 5.32 Å². The predicted molar refractivity (Wildman–Crippen MR) is 73.3 cm³/mol. The highest BCUT2D eigenvalue weighted by Crippen LogP contribution is 2.34. The third kappa shape index (κ3) is 4.37. The van der Waals surface area contributed by atoms with Gasteiger partial charge in [0, 0.05) is 19.1 Å². The summed E-state index contributed by atoms with van der Waals surface area (Å²) in [6.07, 6.45) is 4.00. The second-order valence-corrected chi connectivity index (χ2v) is 6.33. The summed E-state index contributed by atoms with van der Waals surface area (Å²) in [6, 6.07) is -0.454. The molecule has 2 fully saturated rings. The quantitative estimate of drug-likeness (QED) is 0.723. The van der Waals surface area contributed by atoms with Crippen LogP contribution in [0.25, 0.3) is 0 Å². The fourth-order valence-corrected chi connectivity index (χ4v) is 2.74. The van der Waals surface area contributed by atoms with Crippen LogP contribution in [0.4, 0.5) is 4.79 Å². The second-order valence-electron chi connectivity index (χ2n) is 6.33. The Bertz CT molecular complexity index is 379. The summed E-state index contributed by atoms with van der Waals surface area (Å²) in [5.41, 5.74) is -0.702. The lowest BCUT2D eigenvalue weighted by atomic mass is 9.98. The van der Waals surface area contributed by atoms with Crippen molar-refractivity contribution in [3.63, 3.8) is 0 Å². The molecule has 1 heterocycles. The van der Waals surface area contributed by atoms with Crippen LogP contribution in [0.5, 0.6) is 0 Å². The van der Waals surface area contributed by atoms with E-state index in [2.05, 4.69) is 5.32 Å². The summed E-state index contributed by atoms with van der Waals surface area (Å²) < 4.78 is 0. The Morgan fingerprint density at radius 2 is 2.05 bits per heavy atom. The van der Waals surface area contributed by atoms with Crippen LogP contribution in [0, 0.1) is 5.92 Å². The van der Waals surface area contributed by atoms with E-state index in [0.29, 0.717) is 31.8 Å². The van der Waals surface area contributed by atoms with Crippen LogP contribution in [-0.2, 0) is 4.79 Å². The van der Waals surface area contributed by atoms with Crippen molar-refractivity contribution in [3.8, 4) is 0 Å². The minimum atomic E-state index is -0.874. The number of carboxylic acid groups (broad SMARTS) is 1. The van der Waals surface area contributed by atoms with Crippen molar-refractivity contribution in [2.75, 3.05) is 13.1 Å². The number of rotatable bonds is 4. The Hall–Kier alpha value is -1.30. The molecule has 0 aromatic carbocycles. The van der Waals surface area contributed by atoms with E-state index in [0.717, 1.165) is 19.3 Å². The van der Waals surface area contributed by atoms with E-state index in [4.69, 9.17) is 5.11 Å². The van der Waals surface area contributed by atoms with Gasteiger partial charge in [-0.25, -0.2) is 4.79 Å². The van der Waals surface area contributed by atoms with E-state index in [9.17, 15) is 14.7 Å². The summed E-state index contributed by atoms with van der Waals surface area (Å²) >= 11 is 0. The molecular formula is C14H24N2O4. The molecule has 0 spiro atoms. The van der Waals surface area contributed by atoms with Crippen LogP contribution in [0.2, 0.25) is 0 Å². The molecule has 3 N–H and O–H groups in total. The lowest BCUT2D eigenvalue weighted by molar-refractivity contribution is -0.137. The van der Waals surface area contributed by atoms with E-state index in [-0.39, 0.29) is 18.5 Å². The highest BCUT2D eigenvalue weighted by Gasteiger charge is 2.35. The molecule has 2 amide bonds. The van der Waals surface area contributed by atoms with E-state index in [1.54, 1.807) is 11.8 Å². The molecule has 0 radical (unpaired) electrons. The fourth-order valence-electron chi connectivity index (χ4n) is 2.74. The summed E-state index contributed by atoms with van der Waals surface area (Å²) in [6.45, 7) is 2.93. The number of nitrogens with zero attached hydrogens (tertiary/aromatic N) is 1. The number of carbonyl (C=O) groups excluding carboxylic acids is 1. The van der Waals surface area contributed by atoms with Crippen LogP contribution >= 0.6 is 0 Å². The maximum absolute atomic E-state index is 12.2. The SMILES string of the molecule is CC1(O)CCCN(C(=O)NC(CC(=O)O)C2CC2)CC1. The van der Waals surface area contributed by atoms with Gasteiger partial charge in [-0.1, -0.05) is 0 Å². The van der Waals surface area contributed by atoms with Gasteiger partial charge in [0.1, 0.15) is 0 Å². The van der Waals surface area contributed by atoms with Crippen LogP contribution in [0.15, 0.2) is 0 Å². The van der Waals surface area contributed by atoms with Crippen molar-refractivity contribution in [1.82, 2.24) is 10.2 Å². The molecule has 0 aromatic rings. The number of nitrogens with one attached hydrogen (secondary N) is 1. The van der Waals surface area contributed by atoms with Crippen molar-refractivity contribution in [1.29, 1.82) is 0 Å².